The van der Waals surface area contributed by atoms with Crippen molar-refractivity contribution in [2.45, 2.75) is 0 Å². The molecule has 0 unspecified atom stereocenters. The highest BCUT2D eigenvalue weighted by Crippen LogP contribution is 2.32. The number of rotatable bonds is 2. The fourth-order valence-corrected chi connectivity index (χ4v) is 1.71. The molecule has 0 fully saturated rings. The topological polar surface area (TPSA) is 86.5 Å². The van der Waals surface area contributed by atoms with Crippen LogP contribution < -0.4 is 20.5 Å². The second-order valence-electron chi connectivity index (χ2n) is 4.00. The molecule has 1 aliphatic heterocycles. The van der Waals surface area contributed by atoms with E-state index in [1.807, 2.05) is 0 Å². The Morgan fingerprint density at radius 1 is 1.21 bits per heavy atom. The van der Waals surface area contributed by atoms with E-state index in [9.17, 15) is 4.79 Å². The summed E-state index contributed by atoms with van der Waals surface area (Å²) < 4.78 is 10.4. The molecule has 6 nitrogen and oxygen atoms in total. The number of fused-ring (bicyclic) bond motifs is 1. The van der Waals surface area contributed by atoms with E-state index in [2.05, 4.69) is 10.3 Å². The number of nitrogens with one attached hydrogen (secondary N) is 1. The van der Waals surface area contributed by atoms with Crippen LogP contribution in [0.15, 0.2) is 36.5 Å². The van der Waals surface area contributed by atoms with Crippen molar-refractivity contribution in [3.63, 3.8) is 0 Å². The molecule has 0 radical (unpaired) electrons. The van der Waals surface area contributed by atoms with Crippen LogP contribution in [-0.4, -0.2) is 17.7 Å². The van der Waals surface area contributed by atoms with Crippen LogP contribution >= 0.6 is 0 Å². The summed E-state index contributed by atoms with van der Waals surface area (Å²) in [5.74, 6) is 1.38. The molecule has 1 amide bonds. The fourth-order valence-electron chi connectivity index (χ4n) is 1.71. The summed E-state index contributed by atoms with van der Waals surface area (Å²) in [6, 6.07) is 8.31. The van der Waals surface area contributed by atoms with E-state index in [1.165, 1.54) is 6.20 Å². The Bertz CT molecular complexity index is 626. The number of nitrogens with two attached hydrogens (primary N) is 1. The van der Waals surface area contributed by atoms with Crippen LogP contribution in [0.5, 0.6) is 11.5 Å². The molecule has 0 saturated heterocycles. The summed E-state index contributed by atoms with van der Waals surface area (Å²) in [4.78, 5) is 16.0. The molecular formula is C13H11N3O3. The van der Waals surface area contributed by atoms with Gasteiger partial charge in [0.2, 0.25) is 6.79 Å². The number of hydrogen-bond donors (Lipinski definition) is 2. The lowest BCUT2D eigenvalue weighted by molar-refractivity contribution is 0.102. The van der Waals surface area contributed by atoms with Crippen molar-refractivity contribution in [2.24, 2.45) is 0 Å². The van der Waals surface area contributed by atoms with Gasteiger partial charge in [-0.25, -0.2) is 4.98 Å². The maximum absolute atomic E-state index is 12.0. The molecule has 0 saturated carbocycles. The molecule has 0 atom stereocenters. The summed E-state index contributed by atoms with van der Waals surface area (Å²) in [6.07, 6.45) is 1.48. The zero-order valence-electron chi connectivity index (χ0n) is 9.92. The number of ether oxygens (including phenoxy) is 2. The monoisotopic (exact) mass is 257 g/mol. The fraction of sp³-hybridized carbons (Fsp3) is 0.0769. The van der Waals surface area contributed by atoms with Gasteiger partial charge in [0, 0.05) is 5.56 Å². The smallest absolute Gasteiger partial charge is 0.256 e. The molecular weight excluding hydrogens is 246 g/mol. The largest absolute Gasteiger partial charge is 0.454 e. The highest BCUT2D eigenvalue weighted by atomic mass is 16.7. The summed E-state index contributed by atoms with van der Waals surface area (Å²) in [5, 5.41) is 2.67. The molecule has 0 aliphatic carbocycles. The molecule has 1 aliphatic rings. The molecule has 0 spiro atoms. The first-order valence-corrected chi connectivity index (χ1v) is 5.65. The molecule has 0 bridgehead atoms. The first kappa shape index (κ1) is 11.3. The number of benzene rings is 1. The van der Waals surface area contributed by atoms with Crippen molar-refractivity contribution in [1.82, 2.24) is 4.98 Å². The Morgan fingerprint density at radius 3 is 2.84 bits per heavy atom. The first-order chi connectivity index (χ1) is 9.22. The number of nitrogen functional groups attached to an aromatic ring is 1. The molecule has 1 aromatic heterocycles. The molecule has 19 heavy (non-hydrogen) atoms. The second kappa shape index (κ2) is 4.49. The van der Waals surface area contributed by atoms with E-state index >= 15 is 0 Å². The summed E-state index contributed by atoms with van der Waals surface area (Å²) >= 11 is 0. The van der Waals surface area contributed by atoms with Crippen molar-refractivity contribution in [1.29, 1.82) is 0 Å². The van der Waals surface area contributed by atoms with Crippen LogP contribution in [0.4, 0.5) is 11.5 Å². The van der Waals surface area contributed by atoms with Crippen LogP contribution in [0.25, 0.3) is 0 Å². The van der Waals surface area contributed by atoms with Crippen LogP contribution in [0.3, 0.4) is 0 Å². The number of nitrogens with zero attached hydrogens (tertiary/aromatic N) is 1. The van der Waals surface area contributed by atoms with E-state index in [1.54, 1.807) is 30.3 Å². The number of anilines is 2. The molecule has 1 aromatic carbocycles. The third-order valence-corrected chi connectivity index (χ3v) is 2.66. The Labute approximate surface area is 109 Å². The van der Waals surface area contributed by atoms with E-state index in [4.69, 9.17) is 15.2 Å². The average molecular weight is 257 g/mol. The van der Waals surface area contributed by atoms with Gasteiger partial charge in [-0.3, -0.25) is 4.79 Å². The Balaban J connectivity index is 1.78. The summed E-state index contributed by atoms with van der Waals surface area (Å²) in [5.41, 5.74) is 6.54. The quantitative estimate of drug-likeness (QED) is 0.854. The van der Waals surface area contributed by atoms with Gasteiger partial charge in [-0.2, -0.15) is 0 Å². The Kier molecular flexibility index (Phi) is 2.68. The minimum Gasteiger partial charge on any atom is -0.454 e. The average Bonchev–Trinajstić information content (AvgIpc) is 2.88. The number of pyridine rings is 1. The molecule has 96 valence electrons. The maximum Gasteiger partial charge on any atom is 0.256 e. The lowest BCUT2D eigenvalue weighted by Crippen LogP contribution is -2.12. The van der Waals surface area contributed by atoms with E-state index in [0.29, 0.717) is 28.6 Å². The zero-order valence-corrected chi connectivity index (χ0v) is 9.92. The predicted molar refractivity (Wildman–Crippen MR) is 69.2 cm³/mol. The SMILES string of the molecule is Nc1ccc(NC(=O)c2ccc3c(c2)OCO3)nc1. The van der Waals surface area contributed by atoms with Crippen molar-refractivity contribution in [3.05, 3.63) is 42.1 Å². The van der Waals surface area contributed by atoms with Gasteiger partial charge in [0.15, 0.2) is 11.5 Å². The molecule has 2 heterocycles. The summed E-state index contributed by atoms with van der Waals surface area (Å²) in [7, 11) is 0. The third kappa shape index (κ3) is 2.28. The van der Waals surface area contributed by atoms with Gasteiger partial charge < -0.3 is 20.5 Å². The zero-order chi connectivity index (χ0) is 13.2. The molecule has 3 N–H and O–H groups in total. The lowest BCUT2D eigenvalue weighted by atomic mass is 10.2. The second-order valence-corrected chi connectivity index (χ2v) is 4.00. The number of carbonyl (C=O) groups excluding carboxylic acids is 1. The standard InChI is InChI=1S/C13H11N3O3/c14-9-2-4-12(15-6-9)16-13(17)8-1-3-10-11(5-8)19-7-18-10/h1-6H,7,14H2,(H,15,16,17). The van der Waals surface area contributed by atoms with Crippen LogP contribution in [0.1, 0.15) is 10.4 Å². The van der Waals surface area contributed by atoms with Gasteiger partial charge in [0.05, 0.1) is 11.9 Å². The number of carbonyl (C=O) groups is 1. The van der Waals surface area contributed by atoms with E-state index in [0.717, 1.165) is 0 Å². The minimum absolute atomic E-state index is 0.180. The van der Waals surface area contributed by atoms with Crippen LogP contribution in [0.2, 0.25) is 0 Å². The van der Waals surface area contributed by atoms with Gasteiger partial charge in [0.1, 0.15) is 5.82 Å². The normalized spacial score (nSPS) is 12.2. The van der Waals surface area contributed by atoms with E-state index in [-0.39, 0.29) is 12.7 Å². The van der Waals surface area contributed by atoms with Gasteiger partial charge in [-0.05, 0) is 30.3 Å². The maximum atomic E-state index is 12.0. The van der Waals surface area contributed by atoms with Crippen LogP contribution in [-0.2, 0) is 0 Å². The lowest BCUT2D eigenvalue weighted by Gasteiger charge is -2.05. The highest BCUT2D eigenvalue weighted by molar-refractivity contribution is 6.04. The summed E-state index contributed by atoms with van der Waals surface area (Å²) in [6.45, 7) is 0.180. The predicted octanol–water partition coefficient (Wildman–Crippen LogP) is 1.64. The van der Waals surface area contributed by atoms with Crippen molar-refractivity contribution in [3.8, 4) is 11.5 Å². The molecule has 3 rings (SSSR count). The number of aromatic nitrogens is 1. The Morgan fingerprint density at radius 2 is 2.05 bits per heavy atom. The van der Waals surface area contributed by atoms with Crippen molar-refractivity contribution in [2.75, 3.05) is 17.8 Å². The van der Waals surface area contributed by atoms with Crippen molar-refractivity contribution < 1.29 is 14.3 Å². The van der Waals surface area contributed by atoms with Gasteiger partial charge in [-0.15, -0.1) is 0 Å². The third-order valence-electron chi connectivity index (χ3n) is 2.66. The van der Waals surface area contributed by atoms with Gasteiger partial charge in [0.25, 0.3) is 5.91 Å². The first-order valence-electron chi connectivity index (χ1n) is 5.65. The number of amides is 1. The number of hydrogen-bond acceptors (Lipinski definition) is 5. The Hall–Kier alpha value is -2.76. The van der Waals surface area contributed by atoms with Crippen molar-refractivity contribution >= 4 is 17.4 Å². The van der Waals surface area contributed by atoms with Crippen LogP contribution in [0, 0.1) is 0 Å². The molecule has 6 heteroatoms. The van der Waals surface area contributed by atoms with E-state index < -0.39 is 0 Å². The highest BCUT2D eigenvalue weighted by Gasteiger charge is 2.16. The molecule has 2 aromatic rings. The van der Waals surface area contributed by atoms with Gasteiger partial charge in [-0.1, -0.05) is 0 Å². The minimum atomic E-state index is -0.268. The van der Waals surface area contributed by atoms with Gasteiger partial charge >= 0.3 is 0 Å².